The van der Waals surface area contributed by atoms with Crippen molar-refractivity contribution >= 4 is 29.6 Å². The number of carbonyl (C=O) groups is 5. The van der Waals surface area contributed by atoms with E-state index in [0.717, 1.165) is 5.56 Å². The molecule has 10 nitrogen and oxygen atoms in total. The quantitative estimate of drug-likeness (QED) is 0.178. The number of hydrogen-bond donors (Lipinski definition) is 5. The number of unbranched alkanes of at least 4 members (excludes halogenated alkanes) is 1. The SMILES string of the molecule is C#CCCCC(=O)NCC(=O)NC(Cc1ccccc1)C(=O)NC(CC(C)C)C(=O)NCC(=O)O. The molecule has 10 heteroatoms. The molecule has 0 aliphatic carbocycles. The Morgan fingerprint density at radius 2 is 1.60 bits per heavy atom. The van der Waals surface area contributed by atoms with E-state index >= 15 is 0 Å². The second kappa shape index (κ2) is 15.9. The standard InChI is InChI=1S/C25H34N4O6/c1-4-5-7-12-21(30)26-15-22(31)28-20(14-18-10-8-6-9-11-18)25(35)29-19(13-17(2)3)24(34)27-16-23(32)33/h1,6,8-11,17,19-20H,5,7,12-16H2,2-3H3,(H,26,30)(H,27,34)(H,28,31)(H,29,35)(H,32,33). The summed E-state index contributed by atoms with van der Waals surface area (Å²) in [5.74, 6) is -0.858. The molecule has 0 radical (unpaired) electrons. The first-order valence-corrected chi connectivity index (χ1v) is 11.5. The number of carboxylic acid groups (broad SMARTS) is 1. The molecule has 0 bridgehead atoms. The van der Waals surface area contributed by atoms with Gasteiger partial charge in [0.1, 0.15) is 18.6 Å². The third kappa shape index (κ3) is 12.8. The van der Waals surface area contributed by atoms with Crippen LogP contribution in [-0.2, 0) is 30.4 Å². The van der Waals surface area contributed by atoms with Gasteiger partial charge in [-0.2, -0.15) is 0 Å². The summed E-state index contributed by atoms with van der Waals surface area (Å²) in [7, 11) is 0. The molecular formula is C25H34N4O6. The Hall–Kier alpha value is -3.87. The van der Waals surface area contributed by atoms with Crippen molar-refractivity contribution < 1.29 is 29.1 Å². The average molecular weight is 487 g/mol. The van der Waals surface area contributed by atoms with Gasteiger partial charge < -0.3 is 26.4 Å². The van der Waals surface area contributed by atoms with Crippen LogP contribution in [0.15, 0.2) is 30.3 Å². The third-order valence-electron chi connectivity index (χ3n) is 4.86. The highest BCUT2D eigenvalue weighted by atomic mass is 16.4. The van der Waals surface area contributed by atoms with E-state index < -0.39 is 42.3 Å². The number of aliphatic carboxylic acids is 1. The van der Waals surface area contributed by atoms with Gasteiger partial charge in [0.15, 0.2) is 0 Å². The molecule has 190 valence electrons. The van der Waals surface area contributed by atoms with Crippen LogP contribution in [0.2, 0.25) is 0 Å². The summed E-state index contributed by atoms with van der Waals surface area (Å²) in [6, 6.07) is 7.00. The monoisotopic (exact) mass is 486 g/mol. The molecule has 0 fully saturated rings. The van der Waals surface area contributed by atoms with Gasteiger partial charge in [-0.25, -0.2) is 0 Å². The third-order valence-corrected chi connectivity index (χ3v) is 4.86. The molecule has 5 N–H and O–H groups in total. The molecule has 4 amide bonds. The van der Waals surface area contributed by atoms with Gasteiger partial charge in [-0.15, -0.1) is 12.3 Å². The van der Waals surface area contributed by atoms with Gasteiger partial charge in [-0.05, 0) is 24.3 Å². The fraction of sp³-hybridized carbons (Fsp3) is 0.480. The summed E-state index contributed by atoms with van der Waals surface area (Å²) >= 11 is 0. The number of hydrogen-bond acceptors (Lipinski definition) is 5. The number of carbonyl (C=O) groups excluding carboxylic acids is 4. The van der Waals surface area contributed by atoms with E-state index in [9.17, 15) is 24.0 Å². The number of amides is 4. The van der Waals surface area contributed by atoms with Crippen molar-refractivity contribution in [3.8, 4) is 12.3 Å². The molecule has 1 aromatic carbocycles. The lowest BCUT2D eigenvalue weighted by Gasteiger charge is -2.24. The second-order valence-corrected chi connectivity index (χ2v) is 8.45. The van der Waals surface area contributed by atoms with Crippen molar-refractivity contribution in [2.24, 2.45) is 5.92 Å². The highest BCUT2D eigenvalue weighted by molar-refractivity contribution is 5.93. The molecule has 1 aromatic rings. The van der Waals surface area contributed by atoms with Crippen molar-refractivity contribution in [3.63, 3.8) is 0 Å². The summed E-state index contributed by atoms with van der Waals surface area (Å²) < 4.78 is 0. The van der Waals surface area contributed by atoms with Crippen LogP contribution in [0.1, 0.15) is 45.1 Å². The zero-order valence-electron chi connectivity index (χ0n) is 20.1. The molecule has 0 saturated carbocycles. The summed E-state index contributed by atoms with van der Waals surface area (Å²) in [5.41, 5.74) is 0.780. The molecule has 2 atom stereocenters. The Morgan fingerprint density at radius 3 is 2.20 bits per heavy atom. The number of terminal acetylenes is 1. The lowest BCUT2D eigenvalue weighted by molar-refractivity contribution is -0.138. The van der Waals surface area contributed by atoms with Gasteiger partial charge in [0, 0.05) is 19.3 Å². The highest BCUT2D eigenvalue weighted by Crippen LogP contribution is 2.08. The zero-order valence-corrected chi connectivity index (χ0v) is 20.1. The fourth-order valence-corrected chi connectivity index (χ4v) is 3.18. The van der Waals surface area contributed by atoms with E-state index in [0.29, 0.717) is 12.8 Å². The summed E-state index contributed by atoms with van der Waals surface area (Å²) in [4.78, 5) is 60.7. The van der Waals surface area contributed by atoms with Gasteiger partial charge in [0.2, 0.25) is 23.6 Å². The van der Waals surface area contributed by atoms with Crippen molar-refractivity contribution in [2.45, 2.75) is 58.0 Å². The van der Waals surface area contributed by atoms with Crippen LogP contribution < -0.4 is 21.3 Å². The van der Waals surface area contributed by atoms with Crippen LogP contribution in [0.25, 0.3) is 0 Å². The topological polar surface area (TPSA) is 154 Å². The van der Waals surface area contributed by atoms with Crippen molar-refractivity contribution in [1.29, 1.82) is 0 Å². The number of rotatable bonds is 15. The lowest BCUT2D eigenvalue weighted by atomic mass is 10.0. The summed E-state index contributed by atoms with van der Waals surface area (Å²) in [5, 5.41) is 18.8. The van der Waals surface area contributed by atoms with Crippen molar-refractivity contribution in [3.05, 3.63) is 35.9 Å². The Balaban J connectivity index is 2.88. The van der Waals surface area contributed by atoms with Crippen LogP contribution in [0.3, 0.4) is 0 Å². The predicted molar refractivity (Wildman–Crippen MR) is 130 cm³/mol. The minimum absolute atomic E-state index is 0.0303. The minimum Gasteiger partial charge on any atom is -0.480 e. The van der Waals surface area contributed by atoms with Crippen molar-refractivity contribution in [1.82, 2.24) is 21.3 Å². The largest absolute Gasteiger partial charge is 0.480 e. The Bertz CT molecular complexity index is 910. The summed E-state index contributed by atoms with van der Waals surface area (Å²) in [6.07, 6.45) is 6.73. The minimum atomic E-state index is -1.21. The lowest BCUT2D eigenvalue weighted by Crippen LogP contribution is -2.56. The number of benzene rings is 1. The summed E-state index contributed by atoms with van der Waals surface area (Å²) in [6.45, 7) is 2.83. The maximum atomic E-state index is 13.1. The number of nitrogens with one attached hydrogen (secondary N) is 4. The Kier molecular flexibility index (Phi) is 13.2. The van der Waals surface area contributed by atoms with E-state index in [4.69, 9.17) is 11.5 Å². The predicted octanol–water partition coefficient (Wildman–Crippen LogP) is 0.365. The van der Waals surface area contributed by atoms with Gasteiger partial charge in [-0.3, -0.25) is 24.0 Å². The molecular weight excluding hydrogens is 452 g/mol. The van der Waals surface area contributed by atoms with E-state index in [2.05, 4.69) is 27.2 Å². The fourth-order valence-electron chi connectivity index (χ4n) is 3.18. The molecule has 0 aliphatic rings. The molecule has 2 unspecified atom stereocenters. The normalized spacial score (nSPS) is 12.1. The molecule has 35 heavy (non-hydrogen) atoms. The van der Waals surface area contributed by atoms with E-state index in [1.807, 2.05) is 19.9 Å². The van der Waals surface area contributed by atoms with E-state index in [-0.39, 0.29) is 37.6 Å². The Labute approximate surface area is 205 Å². The van der Waals surface area contributed by atoms with Gasteiger partial charge in [0.25, 0.3) is 0 Å². The van der Waals surface area contributed by atoms with E-state index in [1.165, 1.54) is 0 Å². The van der Waals surface area contributed by atoms with Crippen LogP contribution in [-0.4, -0.2) is 59.9 Å². The van der Waals surface area contributed by atoms with Crippen LogP contribution in [0.4, 0.5) is 0 Å². The van der Waals surface area contributed by atoms with E-state index in [1.54, 1.807) is 24.3 Å². The molecule has 0 aromatic heterocycles. The maximum Gasteiger partial charge on any atom is 0.322 e. The molecule has 0 aliphatic heterocycles. The average Bonchev–Trinajstić information content (AvgIpc) is 2.80. The van der Waals surface area contributed by atoms with Crippen LogP contribution in [0.5, 0.6) is 0 Å². The Morgan fingerprint density at radius 1 is 0.914 bits per heavy atom. The van der Waals surface area contributed by atoms with Gasteiger partial charge >= 0.3 is 5.97 Å². The second-order valence-electron chi connectivity index (χ2n) is 8.45. The molecule has 1 rings (SSSR count). The highest BCUT2D eigenvalue weighted by Gasteiger charge is 2.28. The molecule has 0 spiro atoms. The van der Waals surface area contributed by atoms with Gasteiger partial charge in [0.05, 0.1) is 6.54 Å². The van der Waals surface area contributed by atoms with Crippen LogP contribution >= 0.6 is 0 Å². The molecule has 0 heterocycles. The zero-order chi connectivity index (χ0) is 26.2. The first-order chi connectivity index (χ1) is 16.6. The van der Waals surface area contributed by atoms with Gasteiger partial charge in [-0.1, -0.05) is 44.2 Å². The maximum absolute atomic E-state index is 13.1. The van der Waals surface area contributed by atoms with Crippen LogP contribution in [0, 0.1) is 18.3 Å². The molecule has 0 saturated heterocycles. The smallest absolute Gasteiger partial charge is 0.322 e. The number of carboxylic acids is 1. The first-order valence-electron chi connectivity index (χ1n) is 11.5. The first kappa shape index (κ1) is 29.2. The van der Waals surface area contributed by atoms with Crippen molar-refractivity contribution in [2.75, 3.05) is 13.1 Å².